The SMILES string of the molecule is CS(=O)(=O)N(Cc1ccc(C(=O)Nc2ccc(Cc3ccncc3)cc2)cc1)c1ccccc1Br. The minimum atomic E-state index is -3.51. The third kappa shape index (κ3) is 6.55. The van der Waals surface area contributed by atoms with Crippen LogP contribution in [0.1, 0.15) is 27.0 Å². The van der Waals surface area contributed by atoms with Gasteiger partial charge >= 0.3 is 0 Å². The van der Waals surface area contributed by atoms with Gasteiger partial charge in [-0.15, -0.1) is 0 Å². The molecule has 178 valence electrons. The number of hydrogen-bond acceptors (Lipinski definition) is 4. The van der Waals surface area contributed by atoms with E-state index in [1.807, 2.05) is 42.5 Å². The second-order valence-corrected chi connectivity index (χ2v) is 10.9. The van der Waals surface area contributed by atoms with Crippen molar-refractivity contribution in [1.82, 2.24) is 4.98 Å². The van der Waals surface area contributed by atoms with Crippen LogP contribution in [0.25, 0.3) is 0 Å². The predicted octanol–water partition coefficient (Wildman–Crippen LogP) is 5.65. The maximum absolute atomic E-state index is 12.7. The van der Waals surface area contributed by atoms with Crippen molar-refractivity contribution in [1.29, 1.82) is 0 Å². The Morgan fingerprint density at radius 2 is 1.46 bits per heavy atom. The van der Waals surface area contributed by atoms with Crippen LogP contribution in [0.4, 0.5) is 11.4 Å². The van der Waals surface area contributed by atoms with Crippen molar-refractivity contribution in [2.24, 2.45) is 0 Å². The van der Waals surface area contributed by atoms with E-state index in [2.05, 4.69) is 26.2 Å². The Balaban J connectivity index is 1.42. The van der Waals surface area contributed by atoms with Gasteiger partial charge in [-0.3, -0.25) is 14.1 Å². The molecule has 1 aromatic heterocycles. The highest BCUT2D eigenvalue weighted by molar-refractivity contribution is 9.10. The highest BCUT2D eigenvalue weighted by Crippen LogP contribution is 2.29. The first-order valence-corrected chi connectivity index (χ1v) is 13.5. The van der Waals surface area contributed by atoms with Gasteiger partial charge in [0.2, 0.25) is 10.0 Å². The van der Waals surface area contributed by atoms with Crippen molar-refractivity contribution >= 4 is 43.2 Å². The molecule has 3 aromatic carbocycles. The van der Waals surface area contributed by atoms with Crippen molar-refractivity contribution in [3.05, 3.63) is 124 Å². The molecular formula is C27H24BrN3O3S. The minimum Gasteiger partial charge on any atom is -0.322 e. The topological polar surface area (TPSA) is 79.4 Å². The standard InChI is InChI=1S/C27H24BrN3O3S/c1-35(33,34)31(26-5-3-2-4-25(26)28)19-22-6-10-23(11-7-22)27(32)30-24-12-8-20(9-13-24)18-21-14-16-29-17-15-21/h2-17H,18-19H2,1H3,(H,30,32). The molecule has 0 spiro atoms. The molecule has 1 heterocycles. The summed E-state index contributed by atoms with van der Waals surface area (Å²) in [5.74, 6) is -0.232. The van der Waals surface area contributed by atoms with Crippen molar-refractivity contribution < 1.29 is 13.2 Å². The molecule has 4 rings (SSSR count). The second-order valence-electron chi connectivity index (χ2n) is 8.10. The summed E-state index contributed by atoms with van der Waals surface area (Å²) < 4.78 is 26.9. The monoisotopic (exact) mass is 549 g/mol. The number of anilines is 2. The van der Waals surface area contributed by atoms with Crippen LogP contribution in [0.2, 0.25) is 0 Å². The number of hydrogen-bond donors (Lipinski definition) is 1. The zero-order chi connectivity index (χ0) is 24.8. The molecule has 0 fully saturated rings. The van der Waals surface area contributed by atoms with Gasteiger partial charge in [-0.2, -0.15) is 0 Å². The smallest absolute Gasteiger partial charge is 0.255 e. The van der Waals surface area contributed by atoms with E-state index in [1.54, 1.807) is 54.9 Å². The fourth-order valence-electron chi connectivity index (χ4n) is 3.61. The van der Waals surface area contributed by atoms with Gasteiger partial charge in [0.1, 0.15) is 0 Å². The molecule has 0 radical (unpaired) electrons. The summed E-state index contributed by atoms with van der Waals surface area (Å²) in [6.07, 6.45) is 5.52. The number of rotatable bonds is 8. The minimum absolute atomic E-state index is 0.155. The number of nitrogens with zero attached hydrogens (tertiary/aromatic N) is 2. The molecule has 6 nitrogen and oxygen atoms in total. The molecule has 35 heavy (non-hydrogen) atoms. The second kappa shape index (κ2) is 10.8. The Morgan fingerprint density at radius 1 is 0.857 bits per heavy atom. The summed E-state index contributed by atoms with van der Waals surface area (Å²) in [6.45, 7) is 0.155. The summed E-state index contributed by atoms with van der Waals surface area (Å²) in [7, 11) is -3.51. The number of benzene rings is 3. The molecule has 0 atom stereocenters. The van der Waals surface area contributed by atoms with Crippen molar-refractivity contribution in [3.8, 4) is 0 Å². The van der Waals surface area contributed by atoms with Crippen LogP contribution in [0, 0.1) is 0 Å². The summed E-state index contributed by atoms with van der Waals surface area (Å²) in [5, 5.41) is 2.91. The van der Waals surface area contributed by atoms with Crippen LogP contribution in [0.15, 0.2) is 102 Å². The molecule has 0 unspecified atom stereocenters. The lowest BCUT2D eigenvalue weighted by atomic mass is 10.1. The number of halogens is 1. The summed E-state index contributed by atoms with van der Waals surface area (Å²) in [6, 6.07) is 25.8. The molecule has 0 aliphatic rings. The molecule has 1 amide bonds. The fourth-order valence-corrected chi connectivity index (χ4v) is 5.12. The molecule has 0 bridgehead atoms. The molecule has 8 heteroatoms. The number of carbonyl (C=O) groups is 1. The molecule has 4 aromatic rings. The van der Waals surface area contributed by atoms with E-state index in [0.717, 1.165) is 17.5 Å². The Hall–Kier alpha value is -3.49. The lowest BCUT2D eigenvalue weighted by molar-refractivity contribution is 0.102. The van der Waals surface area contributed by atoms with Crippen LogP contribution >= 0.6 is 15.9 Å². The van der Waals surface area contributed by atoms with Gasteiger partial charge in [0.15, 0.2) is 0 Å². The van der Waals surface area contributed by atoms with Crippen LogP contribution in [-0.4, -0.2) is 25.6 Å². The summed E-state index contributed by atoms with van der Waals surface area (Å²) in [5.41, 5.74) is 4.83. The van der Waals surface area contributed by atoms with Crippen LogP contribution in [-0.2, 0) is 23.0 Å². The predicted molar refractivity (Wildman–Crippen MR) is 143 cm³/mol. The number of pyridine rings is 1. The number of nitrogens with one attached hydrogen (secondary N) is 1. The first kappa shape index (κ1) is 24.6. The largest absolute Gasteiger partial charge is 0.322 e. The van der Waals surface area contributed by atoms with Gasteiger partial charge in [0.25, 0.3) is 5.91 Å². The third-order valence-corrected chi connectivity index (χ3v) is 7.23. The van der Waals surface area contributed by atoms with Crippen molar-refractivity contribution in [2.75, 3.05) is 15.9 Å². The highest BCUT2D eigenvalue weighted by Gasteiger charge is 2.20. The summed E-state index contributed by atoms with van der Waals surface area (Å²) in [4.78, 5) is 16.7. The zero-order valence-electron chi connectivity index (χ0n) is 19.1. The average Bonchev–Trinajstić information content (AvgIpc) is 2.85. The van der Waals surface area contributed by atoms with E-state index in [4.69, 9.17) is 0 Å². The van der Waals surface area contributed by atoms with Gasteiger partial charge in [-0.25, -0.2) is 8.42 Å². The van der Waals surface area contributed by atoms with Crippen molar-refractivity contribution in [3.63, 3.8) is 0 Å². The maximum atomic E-state index is 12.7. The average molecular weight is 550 g/mol. The van der Waals surface area contributed by atoms with Gasteiger partial charge in [0, 0.05) is 28.1 Å². The number of carbonyl (C=O) groups excluding carboxylic acids is 1. The molecule has 0 aliphatic carbocycles. The maximum Gasteiger partial charge on any atom is 0.255 e. The van der Waals surface area contributed by atoms with Crippen LogP contribution in [0.3, 0.4) is 0 Å². The van der Waals surface area contributed by atoms with Crippen molar-refractivity contribution in [2.45, 2.75) is 13.0 Å². The first-order valence-electron chi connectivity index (χ1n) is 10.9. The van der Waals surface area contributed by atoms with Gasteiger partial charge in [-0.1, -0.05) is 36.4 Å². The van der Waals surface area contributed by atoms with E-state index in [0.29, 0.717) is 21.4 Å². The van der Waals surface area contributed by atoms with Gasteiger partial charge in [-0.05, 0) is 87.6 Å². The van der Waals surface area contributed by atoms with E-state index in [-0.39, 0.29) is 12.5 Å². The van der Waals surface area contributed by atoms with Crippen LogP contribution in [0.5, 0.6) is 0 Å². The fraction of sp³-hybridized carbons (Fsp3) is 0.111. The molecule has 1 N–H and O–H groups in total. The Kier molecular flexibility index (Phi) is 7.63. The Labute approximate surface area is 213 Å². The summed E-state index contributed by atoms with van der Waals surface area (Å²) >= 11 is 3.42. The highest BCUT2D eigenvalue weighted by atomic mass is 79.9. The Morgan fingerprint density at radius 3 is 2.09 bits per heavy atom. The molecule has 0 saturated carbocycles. The quantitative estimate of drug-likeness (QED) is 0.308. The van der Waals surface area contributed by atoms with Gasteiger partial charge < -0.3 is 5.32 Å². The molecule has 0 aliphatic heterocycles. The molecule has 0 saturated heterocycles. The normalized spacial score (nSPS) is 11.1. The first-order chi connectivity index (χ1) is 16.8. The Bertz CT molecular complexity index is 1410. The number of para-hydroxylation sites is 1. The number of sulfonamides is 1. The third-order valence-electron chi connectivity index (χ3n) is 5.43. The van der Waals surface area contributed by atoms with Crippen LogP contribution < -0.4 is 9.62 Å². The van der Waals surface area contributed by atoms with Gasteiger partial charge in [0.05, 0.1) is 18.5 Å². The zero-order valence-corrected chi connectivity index (χ0v) is 21.5. The lowest BCUT2D eigenvalue weighted by Gasteiger charge is -2.23. The van der Waals surface area contributed by atoms with E-state index >= 15 is 0 Å². The number of amides is 1. The van der Waals surface area contributed by atoms with E-state index in [9.17, 15) is 13.2 Å². The number of aromatic nitrogens is 1. The lowest BCUT2D eigenvalue weighted by Crippen LogP contribution is -2.29. The molecular weight excluding hydrogens is 526 g/mol. The van der Waals surface area contributed by atoms with E-state index < -0.39 is 10.0 Å². The van der Waals surface area contributed by atoms with E-state index in [1.165, 1.54) is 16.1 Å².